The molecule has 3 amide bonds. The van der Waals surface area contributed by atoms with Crippen molar-refractivity contribution in [3.05, 3.63) is 24.1 Å². The van der Waals surface area contributed by atoms with Crippen LogP contribution in [0.1, 0.15) is 32.6 Å². The quantitative estimate of drug-likeness (QED) is 0.333. The van der Waals surface area contributed by atoms with Crippen LogP contribution in [-0.4, -0.2) is 57.6 Å². The molecule has 1 aromatic rings. The summed E-state index contributed by atoms with van der Waals surface area (Å²) in [4.78, 5) is 39.9. The Morgan fingerprint density at radius 2 is 2.33 bits per heavy atom. The van der Waals surface area contributed by atoms with Gasteiger partial charge in [-0.1, -0.05) is 19.8 Å². The molecule has 0 saturated carbocycles. The maximum Gasteiger partial charge on any atom is 0.250 e. The van der Waals surface area contributed by atoms with Gasteiger partial charge in [-0.3, -0.25) is 24.6 Å². The van der Waals surface area contributed by atoms with E-state index in [1.807, 2.05) is 6.92 Å². The van der Waals surface area contributed by atoms with Gasteiger partial charge < -0.3 is 5.32 Å². The van der Waals surface area contributed by atoms with Gasteiger partial charge in [-0.2, -0.15) is 0 Å². The SMILES string of the molecule is CCCCC(CN(O)C=O)C(=O)N1NCCC1C(=O)Nc1ccc(F)cn1. The van der Waals surface area contributed by atoms with Crippen molar-refractivity contribution in [3.8, 4) is 0 Å². The average molecular weight is 381 g/mol. The fourth-order valence-corrected chi connectivity index (χ4v) is 2.91. The summed E-state index contributed by atoms with van der Waals surface area (Å²) in [7, 11) is 0. The smallest absolute Gasteiger partial charge is 0.250 e. The molecule has 2 rings (SSSR count). The van der Waals surface area contributed by atoms with Gasteiger partial charge in [0, 0.05) is 6.54 Å². The maximum atomic E-state index is 12.9. The number of anilines is 1. The topological polar surface area (TPSA) is 115 Å². The number of nitrogens with one attached hydrogen (secondary N) is 2. The van der Waals surface area contributed by atoms with Gasteiger partial charge in [-0.05, 0) is 25.0 Å². The first kappa shape index (κ1) is 20.7. The Balaban J connectivity index is 2.06. The van der Waals surface area contributed by atoms with Crippen molar-refractivity contribution in [1.82, 2.24) is 20.5 Å². The molecule has 0 bridgehead atoms. The minimum Gasteiger partial charge on any atom is -0.309 e. The van der Waals surface area contributed by atoms with E-state index in [0.717, 1.165) is 19.0 Å². The molecule has 0 spiro atoms. The lowest BCUT2D eigenvalue weighted by Gasteiger charge is -2.28. The van der Waals surface area contributed by atoms with E-state index in [4.69, 9.17) is 0 Å². The van der Waals surface area contributed by atoms with Crippen molar-refractivity contribution in [2.24, 2.45) is 5.92 Å². The zero-order valence-electron chi connectivity index (χ0n) is 15.1. The molecule has 0 aliphatic carbocycles. The summed E-state index contributed by atoms with van der Waals surface area (Å²) in [6.07, 6.45) is 3.70. The Labute approximate surface area is 156 Å². The molecule has 9 nitrogen and oxygen atoms in total. The number of hydrazine groups is 1. The second kappa shape index (κ2) is 9.93. The van der Waals surface area contributed by atoms with Crippen LogP contribution in [0.3, 0.4) is 0 Å². The normalized spacial score (nSPS) is 17.4. The Bertz CT molecular complexity index is 657. The summed E-state index contributed by atoms with van der Waals surface area (Å²) >= 11 is 0. The number of pyridine rings is 1. The molecule has 2 unspecified atom stereocenters. The molecule has 1 fully saturated rings. The number of hydroxylamine groups is 2. The molecular weight excluding hydrogens is 357 g/mol. The van der Waals surface area contributed by atoms with Crippen LogP contribution < -0.4 is 10.7 Å². The number of unbranched alkanes of at least 4 members (excludes halogenated alkanes) is 1. The van der Waals surface area contributed by atoms with Crippen LogP contribution in [0, 0.1) is 11.7 Å². The van der Waals surface area contributed by atoms with Crippen LogP contribution in [-0.2, 0) is 14.4 Å². The number of carbonyl (C=O) groups excluding carboxylic acids is 3. The molecular formula is C17H24FN5O4. The van der Waals surface area contributed by atoms with Crippen LogP contribution in [0.2, 0.25) is 0 Å². The Hall–Kier alpha value is -2.59. The molecule has 1 saturated heterocycles. The first-order valence-electron chi connectivity index (χ1n) is 8.86. The van der Waals surface area contributed by atoms with Gasteiger partial charge in [0.05, 0.1) is 18.7 Å². The van der Waals surface area contributed by atoms with Gasteiger partial charge in [0.15, 0.2) is 0 Å². The maximum absolute atomic E-state index is 12.9. The van der Waals surface area contributed by atoms with Crippen LogP contribution in [0.15, 0.2) is 18.3 Å². The van der Waals surface area contributed by atoms with Crippen molar-refractivity contribution in [2.45, 2.75) is 38.6 Å². The van der Waals surface area contributed by atoms with Crippen LogP contribution in [0.5, 0.6) is 0 Å². The number of hydrogen-bond acceptors (Lipinski definition) is 6. The van der Waals surface area contributed by atoms with Crippen molar-refractivity contribution < 1.29 is 24.0 Å². The number of aromatic nitrogens is 1. The van der Waals surface area contributed by atoms with E-state index in [1.165, 1.54) is 17.1 Å². The first-order valence-corrected chi connectivity index (χ1v) is 8.86. The summed E-state index contributed by atoms with van der Waals surface area (Å²) in [6, 6.07) is 1.74. The summed E-state index contributed by atoms with van der Waals surface area (Å²) < 4.78 is 12.9. The lowest BCUT2D eigenvalue weighted by atomic mass is 10.00. The van der Waals surface area contributed by atoms with Gasteiger partial charge in [-0.25, -0.2) is 19.9 Å². The Kier molecular flexibility index (Phi) is 7.62. The molecule has 1 aromatic heterocycles. The fourth-order valence-electron chi connectivity index (χ4n) is 2.91. The van der Waals surface area contributed by atoms with Crippen LogP contribution in [0.4, 0.5) is 10.2 Å². The van der Waals surface area contributed by atoms with E-state index in [9.17, 15) is 24.0 Å². The van der Waals surface area contributed by atoms with Gasteiger partial charge >= 0.3 is 0 Å². The molecule has 1 aliphatic heterocycles. The third-order valence-electron chi connectivity index (χ3n) is 4.31. The highest BCUT2D eigenvalue weighted by Crippen LogP contribution is 2.19. The van der Waals surface area contributed by atoms with Crippen LogP contribution in [0.25, 0.3) is 0 Å². The molecule has 2 heterocycles. The average Bonchev–Trinajstić information content (AvgIpc) is 3.16. The van der Waals surface area contributed by atoms with Gasteiger partial charge in [0.25, 0.3) is 0 Å². The number of halogens is 1. The zero-order chi connectivity index (χ0) is 19.8. The standard InChI is InChI=1S/C17H24FN5O4/c1-2-3-4-12(10-22(27)11-24)17(26)23-14(7-8-20-23)16(25)21-15-6-5-13(18)9-19-15/h5-6,9,11-12,14,20,27H,2-4,7-8,10H2,1H3,(H,19,21,25). The summed E-state index contributed by atoms with van der Waals surface area (Å²) in [5.41, 5.74) is 2.88. The lowest BCUT2D eigenvalue weighted by Crippen LogP contribution is -2.51. The van der Waals surface area contributed by atoms with Crippen molar-refractivity contribution >= 4 is 24.0 Å². The largest absolute Gasteiger partial charge is 0.309 e. The predicted octanol–water partition coefficient (Wildman–Crippen LogP) is 0.919. The van der Waals surface area contributed by atoms with E-state index in [1.54, 1.807) is 0 Å². The van der Waals surface area contributed by atoms with E-state index in [-0.39, 0.29) is 24.7 Å². The second-order valence-corrected chi connectivity index (χ2v) is 6.34. The Morgan fingerprint density at radius 3 is 2.96 bits per heavy atom. The molecule has 1 aliphatic rings. The minimum atomic E-state index is -0.767. The molecule has 148 valence electrons. The van der Waals surface area contributed by atoms with E-state index < -0.39 is 23.7 Å². The molecule has 27 heavy (non-hydrogen) atoms. The number of hydrogen-bond donors (Lipinski definition) is 3. The number of rotatable bonds is 9. The molecule has 10 heteroatoms. The van der Waals surface area contributed by atoms with E-state index in [2.05, 4.69) is 15.7 Å². The highest BCUT2D eigenvalue weighted by atomic mass is 19.1. The van der Waals surface area contributed by atoms with Crippen molar-refractivity contribution in [1.29, 1.82) is 0 Å². The fraction of sp³-hybridized carbons (Fsp3) is 0.529. The van der Waals surface area contributed by atoms with E-state index >= 15 is 0 Å². The predicted molar refractivity (Wildman–Crippen MR) is 93.6 cm³/mol. The zero-order valence-corrected chi connectivity index (χ0v) is 15.1. The second-order valence-electron chi connectivity index (χ2n) is 6.34. The van der Waals surface area contributed by atoms with Crippen molar-refractivity contribution in [2.75, 3.05) is 18.4 Å². The summed E-state index contributed by atoms with van der Waals surface area (Å²) in [5.74, 6) is -1.78. The van der Waals surface area contributed by atoms with Gasteiger partial charge in [0.2, 0.25) is 18.2 Å². The monoisotopic (exact) mass is 381 g/mol. The third-order valence-corrected chi connectivity index (χ3v) is 4.31. The molecule has 0 radical (unpaired) electrons. The van der Waals surface area contributed by atoms with Gasteiger partial charge in [-0.15, -0.1) is 0 Å². The number of carbonyl (C=O) groups is 3. The van der Waals surface area contributed by atoms with Crippen LogP contribution >= 0.6 is 0 Å². The lowest BCUT2D eigenvalue weighted by molar-refractivity contribution is -0.159. The summed E-state index contributed by atoms with van der Waals surface area (Å²) in [5, 5.41) is 13.7. The Morgan fingerprint density at radius 1 is 1.56 bits per heavy atom. The number of amides is 3. The van der Waals surface area contributed by atoms with Crippen molar-refractivity contribution in [3.63, 3.8) is 0 Å². The highest BCUT2D eigenvalue weighted by molar-refractivity contribution is 5.97. The summed E-state index contributed by atoms with van der Waals surface area (Å²) in [6.45, 7) is 2.25. The number of nitrogens with zero attached hydrogens (tertiary/aromatic N) is 3. The molecule has 2 atom stereocenters. The first-order chi connectivity index (χ1) is 13.0. The minimum absolute atomic E-state index is 0.144. The highest BCUT2D eigenvalue weighted by Gasteiger charge is 2.37. The molecule has 3 N–H and O–H groups in total. The van der Waals surface area contributed by atoms with E-state index in [0.29, 0.717) is 24.4 Å². The molecule has 0 aromatic carbocycles. The van der Waals surface area contributed by atoms with Gasteiger partial charge in [0.1, 0.15) is 17.7 Å². The third kappa shape index (κ3) is 5.69.